The molecule has 2 unspecified atom stereocenters. The molecule has 88 valence electrons. The SMILES string of the molecule is Cc1ccc(C(C)NC(=O)C(C)C(N)=S)o1. The molecule has 3 N–H and O–H groups in total. The van der Waals surface area contributed by atoms with Crippen LogP contribution in [0.15, 0.2) is 16.5 Å². The second-order valence-corrected chi connectivity index (χ2v) is 4.27. The maximum Gasteiger partial charge on any atom is 0.230 e. The van der Waals surface area contributed by atoms with E-state index in [4.69, 9.17) is 22.4 Å². The first-order valence-corrected chi connectivity index (χ1v) is 5.48. The number of thiocarbonyl (C=S) groups is 1. The van der Waals surface area contributed by atoms with Crippen molar-refractivity contribution in [2.45, 2.75) is 26.8 Å². The summed E-state index contributed by atoms with van der Waals surface area (Å²) in [6.45, 7) is 5.38. The van der Waals surface area contributed by atoms with Crippen molar-refractivity contribution in [2.24, 2.45) is 11.7 Å². The maximum atomic E-state index is 11.7. The van der Waals surface area contributed by atoms with Crippen molar-refractivity contribution in [3.63, 3.8) is 0 Å². The Bertz CT molecular complexity index is 400. The monoisotopic (exact) mass is 240 g/mol. The number of hydrogen-bond donors (Lipinski definition) is 2. The molecule has 4 nitrogen and oxygen atoms in total. The predicted molar refractivity (Wildman–Crippen MR) is 66.0 cm³/mol. The van der Waals surface area contributed by atoms with Crippen LogP contribution in [-0.2, 0) is 4.79 Å². The molecule has 16 heavy (non-hydrogen) atoms. The van der Waals surface area contributed by atoms with Gasteiger partial charge in [-0.15, -0.1) is 0 Å². The highest BCUT2D eigenvalue weighted by Crippen LogP contribution is 2.15. The number of nitrogens with two attached hydrogens (primary N) is 1. The first-order valence-electron chi connectivity index (χ1n) is 5.08. The highest BCUT2D eigenvalue weighted by Gasteiger charge is 2.19. The Morgan fingerprint density at radius 1 is 1.50 bits per heavy atom. The fourth-order valence-electron chi connectivity index (χ4n) is 1.22. The summed E-state index contributed by atoms with van der Waals surface area (Å²) in [5.41, 5.74) is 5.40. The summed E-state index contributed by atoms with van der Waals surface area (Å²) in [7, 11) is 0. The van der Waals surface area contributed by atoms with Gasteiger partial charge in [-0.1, -0.05) is 12.2 Å². The molecule has 0 saturated heterocycles. The highest BCUT2D eigenvalue weighted by atomic mass is 32.1. The first-order chi connectivity index (χ1) is 7.41. The molecule has 0 bridgehead atoms. The molecular weight excluding hydrogens is 224 g/mol. The maximum absolute atomic E-state index is 11.7. The third kappa shape index (κ3) is 3.06. The van der Waals surface area contributed by atoms with Gasteiger partial charge in [-0.3, -0.25) is 4.79 Å². The van der Waals surface area contributed by atoms with E-state index in [0.29, 0.717) is 0 Å². The van der Waals surface area contributed by atoms with Gasteiger partial charge in [0.15, 0.2) is 0 Å². The first kappa shape index (κ1) is 12.7. The second kappa shape index (κ2) is 5.12. The second-order valence-electron chi connectivity index (χ2n) is 3.80. The zero-order valence-electron chi connectivity index (χ0n) is 9.61. The van der Waals surface area contributed by atoms with Gasteiger partial charge >= 0.3 is 0 Å². The molecule has 0 radical (unpaired) electrons. The minimum atomic E-state index is -0.464. The van der Waals surface area contributed by atoms with Crippen LogP contribution in [0, 0.1) is 12.8 Å². The van der Waals surface area contributed by atoms with Crippen molar-refractivity contribution in [2.75, 3.05) is 0 Å². The van der Waals surface area contributed by atoms with Crippen LogP contribution < -0.4 is 11.1 Å². The van der Waals surface area contributed by atoms with E-state index in [0.717, 1.165) is 11.5 Å². The molecule has 1 aromatic rings. The van der Waals surface area contributed by atoms with Crippen LogP contribution in [0.4, 0.5) is 0 Å². The normalized spacial score (nSPS) is 14.2. The van der Waals surface area contributed by atoms with E-state index in [1.807, 2.05) is 26.0 Å². The van der Waals surface area contributed by atoms with Gasteiger partial charge in [-0.05, 0) is 32.9 Å². The fraction of sp³-hybridized carbons (Fsp3) is 0.455. The van der Waals surface area contributed by atoms with Crippen molar-refractivity contribution in [1.29, 1.82) is 0 Å². The van der Waals surface area contributed by atoms with Gasteiger partial charge in [0.25, 0.3) is 0 Å². The highest BCUT2D eigenvalue weighted by molar-refractivity contribution is 7.80. The van der Waals surface area contributed by atoms with Gasteiger partial charge in [0.05, 0.1) is 16.9 Å². The summed E-state index contributed by atoms with van der Waals surface area (Å²) in [5.74, 6) is 0.891. The Labute approximate surface area is 100 Å². The molecule has 0 saturated carbocycles. The van der Waals surface area contributed by atoms with Crippen LogP contribution in [-0.4, -0.2) is 10.9 Å². The molecule has 2 atom stereocenters. The quantitative estimate of drug-likeness (QED) is 0.786. The molecule has 0 aromatic carbocycles. The summed E-state index contributed by atoms with van der Waals surface area (Å²) >= 11 is 4.76. The molecule has 1 heterocycles. The van der Waals surface area contributed by atoms with E-state index in [-0.39, 0.29) is 16.9 Å². The number of nitrogens with one attached hydrogen (secondary N) is 1. The largest absolute Gasteiger partial charge is 0.464 e. The van der Waals surface area contributed by atoms with Crippen LogP contribution >= 0.6 is 12.2 Å². The van der Waals surface area contributed by atoms with E-state index in [1.165, 1.54) is 0 Å². The molecule has 0 aliphatic carbocycles. The fourth-order valence-corrected chi connectivity index (χ4v) is 1.33. The Balaban J connectivity index is 2.61. The van der Waals surface area contributed by atoms with Crippen molar-refractivity contribution in [1.82, 2.24) is 5.32 Å². The van der Waals surface area contributed by atoms with Gasteiger partial charge in [0.1, 0.15) is 11.5 Å². The standard InChI is InChI=1S/C11H16N2O2S/c1-6-4-5-9(15-6)8(3)13-11(14)7(2)10(12)16/h4-5,7-8H,1-3H3,(H2,12,16)(H,13,14). The van der Waals surface area contributed by atoms with Gasteiger partial charge < -0.3 is 15.5 Å². The van der Waals surface area contributed by atoms with Crippen molar-refractivity contribution in [3.8, 4) is 0 Å². The van der Waals surface area contributed by atoms with Crippen LogP contribution in [0.1, 0.15) is 31.4 Å². The summed E-state index contributed by atoms with van der Waals surface area (Å²) in [5, 5.41) is 2.79. The molecule has 5 heteroatoms. The molecule has 1 aromatic heterocycles. The Morgan fingerprint density at radius 2 is 2.12 bits per heavy atom. The van der Waals surface area contributed by atoms with Crippen LogP contribution in [0.2, 0.25) is 0 Å². The zero-order chi connectivity index (χ0) is 12.3. The van der Waals surface area contributed by atoms with E-state index in [2.05, 4.69) is 5.32 Å². The Kier molecular flexibility index (Phi) is 4.06. The summed E-state index contributed by atoms with van der Waals surface area (Å²) in [4.78, 5) is 11.8. The number of aryl methyl sites for hydroxylation is 1. The lowest BCUT2D eigenvalue weighted by atomic mass is 10.1. The lowest BCUT2D eigenvalue weighted by molar-refractivity contribution is -0.123. The van der Waals surface area contributed by atoms with Gasteiger partial charge in [-0.25, -0.2) is 0 Å². The lowest BCUT2D eigenvalue weighted by Crippen LogP contribution is -2.37. The summed E-state index contributed by atoms with van der Waals surface area (Å²) < 4.78 is 5.41. The summed E-state index contributed by atoms with van der Waals surface area (Å²) in [6.07, 6.45) is 0. The lowest BCUT2D eigenvalue weighted by Gasteiger charge is -2.15. The Hall–Kier alpha value is -1.36. The third-order valence-electron chi connectivity index (χ3n) is 2.37. The number of amides is 1. The van der Waals surface area contributed by atoms with E-state index < -0.39 is 5.92 Å². The number of rotatable bonds is 4. The Morgan fingerprint density at radius 3 is 2.56 bits per heavy atom. The number of carbonyl (C=O) groups is 1. The molecule has 0 spiro atoms. The smallest absolute Gasteiger partial charge is 0.230 e. The van der Waals surface area contributed by atoms with Crippen molar-refractivity contribution < 1.29 is 9.21 Å². The number of furan rings is 1. The van der Waals surface area contributed by atoms with Gasteiger partial charge in [-0.2, -0.15) is 0 Å². The molecule has 0 fully saturated rings. The minimum absolute atomic E-state index is 0.182. The van der Waals surface area contributed by atoms with Crippen LogP contribution in [0.3, 0.4) is 0 Å². The molecule has 0 aliphatic heterocycles. The van der Waals surface area contributed by atoms with E-state index in [9.17, 15) is 4.79 Å². The van der Waals surface area contributed by atoms with Crippen LogP contribution in [0.25, 0.3) is 0 Å². The molecular formula is C11H16N2O2S. The minimum Gasteiger partial charge on any atom is -0.464 e. The molecule has 1 amide bonds. The topological polar surface area (TPSA) is 68.3 Å². The number of carbonyl (C=O) groups excluding carboxylic acids is 1. The zero-order valence-corrected chi connectivity index (χ0v) is 10.4. The predicted octanol–water partition coefficient (Wildman–Crippen LogP) is 1.69. The number of hydrogen-bond acceptors (Lipinski definition) is 3. The average molecular weight is 240 g/mol. The van der Waals surface area contributed by atoms with Crippen molar-refractivity contribution >= 4 is 23.1 Å². The van der Waals surface area contributed by atoms with E-state index >= 15 is 0 Å². The molecule has 0 aliphatic rings. The third-order valence-corrected chi connectivity index (χ3v) is 2.72. The van der Waals surface area contributed by atoms with Gasteiger partial charge in [0.2, 0.25) is 5.91 Å². The van der Waals surface area contributed by atoms with E-state index in [1.54, 1.807) is 6.92 Å². The van der Waals surface area contributed by atoms with Gasteiger partial charge in [0, 0.05) is 0 Å². The summed E-state index contributed by atoms with van der Waals surface area (Å²) in [6, 6.07) is 3.51. The van der Waals surface area contributed by atoms with Crippen LogP contribution in [0.5, 0.6) is 0 Å². The molecule has 1 rings (SSSR count). The van der Waals surface area contributed by atoms with Crippen molar-refractivity contribution in [3.05, 3.63) is 23.7 Å². The average Bonchev–Trinajstić information content (AvgIpc) is 2.63.